The molecule has 0 spiro atoms. The largest absolute Gasteiger partial charge is 0.341 e. The van der Waals surface area contributed by atoms with Crippen LogP contribution in [-0.4, -0.2) is 9.97 Å². The Kier molecular flexibility index (Phi) is 6.21. The van der Waals surface area contributed by atoms with Crippen molar-refractivity contribution in [3.05, 3.63) is 96.0 Å². The summed E-state index contributed by atoms with van der Waals surface area (Å²) in [6.45, 7) is 0. The van der Waals surface area contributed by atoms with E-state index >= 15 is 0 Å². The predicted octanol–water partition coefficient (Wildman–Crippen LogP) is 8.38. The number of halogens is 4. The molecule has 28 heavy (non-hydrogen) atoms. The van der Waals surface area contributed by atoms with Gasteiger partial charge in [-0.1, -0.05) is 106 Å². The van der Waals surface area contributed by atoms with Gasteiger partial charge in [-0.15, -0.1) is 0 Å². The Morgan fingerprint density at radius 3 is 1.93 bits per heavy atom. The van der Waals surface area contributed by atoms with Gasteiger partial charge < -0.3 is 4.98 Å². The second-order valence-electron chi connectivity index (χ2n) is 6.32. The number of hydrogen-bond acceptors (Lipinski definition) is 1. The summed E-state index contributed by atoms with van der Waals surface area (Å²) in [5.74, 6) is 0.931. The van der Waals surface area contributed by atoms with Gasteiger partial charge in [0.1, 0.15) is 5.82 Å². The molecule has 0 saturated carbocycles. The minimum atomic E-state index is 0.746. The summed E-state index contributed by atoms with van der Waals surface area (Å²) >= 11 is 14.5. The number of rotatable bonds is 4. The van der Waals surface area contributed by atoms with Crippen LogP contribution in [0.4, 0.5) is 0 Å². The fourth-order valence-electron chi connectivity index (χ4n) is 3.06. The van der Waals surface area contributed by atoms with Crippen molar-refractivity contribution in [2.75, 3.05) is 0 Å². The van der Waals surface area contributed by atoms with Crippen molar-refractivity contribution < 1.29 is 0 Å². The van der Waals surface area contributed by atoms with Crippen molar-refractivity contribution in [2.24, 2.45) is 0 Å². The highest BCUT2D eigenvalue weighted by atomic mass is 79.9. The molecule has 3 aromatic carbocycles. The molecular formula is C22H14Br4N2. The first-order valence-electron chi connectivity index (χ1n) is 8.55. The van der Waals surface area contributed by atoms with E-state index in [4.69, 9.17) is 4.98 Å². The molecule has 0 aliphatic rings. The average molecular weight is 626 g/mol. The highest BCUT2D eigenvalue weighted by Crippen LogP contribution is 2.39. The molecule has 6 heteroatoms. The molecule has 1 heterocycles. The van der Waals surface area contributed by atoms with Gasteiger partial charge in [-0.3, -0.25) is 0 Å². The summed E-state index contributed by atoms with van der Waals surface area (Å²) in [4.78, 5) is 8.53. The van der Waals surface area contributed by atoms with E-state index in [9.17, 15) is 0 Å². The van der Waals surface area contributed by atoms with Crippen LogP contribution in [0.1, 0.15) is 11.4 Å². The third-order valence-electron chi connectivity index (χ3n) is 4.35. The Labute approximate surface area is 197 Å². The quantitative estimate of drug-likeness (QED) is 0.243. The van der Waals surface area contributed by atoms with E-state index in [0.29, 0.717) is 0 Å². The molecule has 0 saturated heterocycles. The molecule has 0 amide bonds. The van der Waals surface area contributed by atoms with Gasteiger partial charge in [0.15, 0.2) is 0 Å². The second-order valence-corrected chi connectivity index (χ2v) is 9.86. The molecule has 0 aliphatic carbocycles. The highest BCUT2D eigenvalue weighted by Gasteiger charge is 2.18. The zero-order chi connectivity index (χ0) is 19.7. The number of aromatic nitrogens is 2. The number of imidazole rings is 1. The molecule has 1 aromatic heterocycles. The summed E-state index contributed by atoms with van der Waals surface area (Å²) in [6.07, 6.45) is 0.746. The van der Waals surface area contributed by atoms with Gasteiger partial charge in [0.05, 0.1) is 11.4 Å². The van der Waals surface area contributed by atoms with E-state index in [0.717, 1.165) is 52.7 Å². The Morgan fingerprint density at radius 1 is 0.714 bits per heavy atom. The highest BCUT2D eigenvalue weighted by molar-refractivity contribution is 9.11. The minimum Gasteiger partial charge on any atom is -0.341 e. The normalized spacial score (nSPS) is 11.0. The van der Waals surface area contributed by atoms with Crippen molar-refractivity contribution in [2.45, 2.75) is 6.42 Å². The molecule has 0 radical (unpaired) electrons. The number of nitrogens with one attached hydrogen (secondary N) is 1. The summed E-state index contributed by atoms with van der Waals surface area (Å²) in [5, 5.41) is 0. The number of benzene rings is 3. The fourth-order valence-corrected chi connectivity index (χ4v) is 5.54. The lowest BCUT2D eigenvalue weighted by Crippen LogP contribution is -1.90. The smallest absolute Gasteiger partial charge is 0.111 e. The van der Waals surface area contributed by atoms with Crippen LogP contribution in [0.3, 0.4) is 0 Å². The van der Waals surface area contributed by atoms with Crippen LogP contribution in [0.5, 0.6) is 0 Å². The van der Waals surface area contributed by atoms with Gasteiger partial charge in [-0.25, -0.2) is 4.98 Å². The van der Waals surface area contributed by atoms with E-state index in [2.05, 4.69) is 105 Å². The predicted molar refractivity (Wildman–Crippen MR) is 130 cm³/mol. The molecule has 0 fully saturated rings. The van der Waals surface area contributed by atoms with Gasteiger partial charge >= 0.3 is 0 Å². The van der Waals surface area contributed by atoms with Gasteiger partial charge in [0.2, 0.25) is 0 Å². The fraction of sp³-hybridized carbons (Fsp3) is 0.0455. The van der Waals surface area contributed by atoms with Crippen molar-refractivity contribution in [3.8, 4) is 22.5 Å². The first kappa shape index (κ1) is 20.1. The van der Waals surface area contributed by atoms with E-state index in [1.54, 1.807) is 0 Å². The van der Waals surface area contributed by atoms with Crippen LogP contribution in [0.2, 0.25) is 0 Å². The summed E-state index contributed by atoms with van der Waals surface area (Å²) in [6, 6.07) is 22.7. The third-order valence-corrected chi connectivity index (χ3v) is 6.65. The van der Waals surface area contributed by atoms with Crippen LogP contribution in [-0.2, 0) is 6.42 Å². The Morgan fingerprint density at radius 2 is 1.32 bits per heavy atom. The second kappa shape index (κ2) is 8.66. The van der Waals surface area contributed by atoms with Gasteiger partial charge in [0.25, 0.3) is 0 Å². The molecular weight excluding hydrogens is 612 g/mol. The maximum Gasteiger partial charge on any atom is 0.111 e. The number of aromatic amines is 1. The van der Waals surface area contributed by atoms with Gasteiger partial charge in [-0.05, 0) is 29.8 Å². The zero-order valence-corrected chi connectivity index (χ0v) is 20.9. The SMILES string of the molecule is Brc1ccc(-c2nc(Cc3ccccc3)[nH]c2-c2ccc(Br)cc2Br)c(Br)c1. The number of hydrogen-bond donors (Lipinski definition) is 1. The maximum absolute atomic E-state index is 4.97. The van der Waals surface area contributed by atoms with E-state index in [1.165, 1.54) is 5.56 Å². The van der Waals surface area contributed by atoms with Gasteiger partial charge in [0, 0.05) is 35.4 Å². The summed E-state index contributed by atoms with van der Waals surface area (Å²) < 4.78 is 4.05. The van der Waals surface area contributed by atoms with Crippen LogP contribution in [0.25, 0.3) is 22.5 Å². The molecule has 0 bridgehead atoms. The van der Waals surface area contributed by atoms with Crippen LogP contribution in [0, 0.1) is 0 Å². The molecule has 4 aromatic rings. The standard InChI is InChI=1S/C22H14Br4N2/c23-14-6-8-16(18(25)11-14)21-22(17-9-7-15(24)12-19(17)26)28-20(27-21)10-13-4-2-1-3-5-13/h1-9,11-12H,10H2,(H,27,28). The molecule has 2 nitrogen and oxygen atoms in total. The lowest BCUT2D eigenvalue weighted by Gasteiger charge is -2.08. The monoisotopic (exact) mass is 622 g/mol. The Hall–Kier alpha value is -1.21. The van der Waals surface area contributed by atoms with Crippen molar-refractivity contribution in [3.63, 3.8) is 0 Å². The Bertz CT molecular complexity index is 1070. The van der Waals surface area contributed by atoms with Crippen molar-refractivity contribution >= 4 is 63.7 Å². The summed E-state index contributed by atoms with van der Waals surface area (Å²) in [7, 11) is 0. The molecule has 0 atom stereocenters. The van der Waals surface area contributed by atoms with E-state index in [-0.39, 0.29) is 0 Å². The molecule has 1 N–H and O–H groups in total. The number of nitrogens with zero attached hydrogens (tertiary/aromatic N) is 1. The lowest BCUT2D eigenvalue weighted by molar-refractivity contribution is 1.03. The first-order chi connectivity index (χ1) is 13.5. The van der Waals surface area contributed by atoms with Crippen molar-refractivity contribution in [1.82, 2.24) is 9.97 Å². The van der Waals surface area contributed by atoms with Crippen LogP contribution >= 0.6 is 63.7 Å². The molecule has 0 aliphatic heterocycles. The minimum absolute atomic E-state index is 0.746. The van der Waals surface area contributed by atoms with E-state index in [1.807, 2.05) is 30.3 Å². The third kappa shape index (κ3) is 4.35. The molecule has 4 rings (SSSR count). The van der Waals surface area contributed by atoms with Crippen molar-refractivity contribution in [1.29, 1.82) is 0 Å². The van der Waals surface area contributed by atoms with Crippen LogP contribution < -0.4 is 0 Å². The maximum atomic E-state index is 4.97. The topological polar surface area (TPSA) is 28.7 Å². The lowest BCUT2D eigenvalue weighted by atomic mass is 10.1. The van der Waals surface area contributed by atoms with Crippen LogP contribution in [0.15, 0.2) is 84.6 Å². The van der Waals surface area contributed by atoms with Gasteiger partial charge in [-0.2, -0.15) is 0 Å². The van der Waals surface area contributed by atoms with E-state index < -0.39 is 0 Å². The molecule has 0 unspecified atom stereocenters. The number of H-pyrrole nitrogens is 1. The first-order valence-corrected chi connectivity index (χ1v) is 11.7. The average Bonchev–Trinajstić information content (AvgIpc) is 3.05. The molecule has 140 valence electrons. The zero-order valence-electron chi connectivity index (χ0n) is 14.5. The summed E-state index contributed by atoms with van der Waals surface area (Å²) in [5.41, 5.74) is 5.25. The Balaban J connectivity index is 1.87.